The molecule has 0 spiro atoms. The molecule has 1 N–H and O–H groups in total. The zero-order valence-electron chi connectivity index (χ0n) is 7.94. The Morgan fingerprint density at radius 1 is 1.53 bits per heavy atom. The Morgan fingerprint density at radius 3 is 2.87 bits per heavy atom. The molecular formula is C11H7NO2S. The van der Waals surface area contributed by atoms with E-state index in [1.54, 1.807) is 0 Å². The lowest BCUT2D eigenvalue weighted by molar-refractivity contribution is 0.0702. The number of hydrogen-bond donors (Lipinski definition) is 1. The highest BCUT2D eigenvalue weighted by Crippen LogP contribution is 2.32. The fraction of sp³-hybridized carbons (Fsp3) is 0.0909. The molecule has 2 rings (SSSR count). The number of carboxylic acid groups (broad SMARTS) is 1. The number of benzene rings is 1. The van der Waals surface area contributed by atoms with Gasteiger partial charge in [0, 0.05) is 10.1 Å². The summed E-state index contributed by atoms with van der Waals surface area (Å²) in [5.41, 5.74) is 1.22. The number of nitriles is 1. The van der Waals surface area contributed by atoms with E-state index >= 15 is 0 Å². The number of aryl methyl sites for hydroxylation is 1. The quantitative estimate of drug-likeness (QED) is 0.798. The predicted octanol–water partition coefficient (Wildman–Crippen LogP) is 2.78. The minimum Gasteiger partial charge on any atom is -0.477 e. The Labute approximate surface area is 90.2 Å². The molecule has 0 radical (unpaired) electrons. The Kier molecular flexibility index (Phi) is 2.18. The Morgan fingerprint density at radius 2 is 2.27 bits per heavy atom. The number of fused-ring (bicyclic) bond motifs is 1. The van der Waals surface area contributed by atoms with Crippen molar-refractivity contribution in [3.63, 3.8) is 0 Å². The van der Waals surface area contributed by atoms with E-state index in [2.05, 4.69) is 0 Å². The van der Waals surface area contributed by atoms with Gasteiger partial charge >= 0.3 is 5.97 Å². The van der Waals surface area contributed by atoms with Gasteiger partial charge in [-0.2, -0.15) is 5.26 Å². The largest absolute Gasteiger partial charge is 0.477 e. The molecule has 0 aliphatic carbocycles. The normalized spacial score (nSPS) is 10.1. The summed E-state index contributed by atoms with van der Waals surface area (Å²) in [6.07, 6.45) is 0. The Bertz CT molecular complexity index is 592. The third-order valence-electron chi connectivity index (χ3n) is 2.23. The minimum absolute atomic E-state index is 0.127. The number of rotatable bonds is 1. The first-order valence-corrected chi connectivity index (χ1v) is 5.12. The SMILES string of the molecule is Cc1cccc2sc(C(=O)O)c(C#N)c12. The third kappa shape index (κ3) is 1.37. The van der Waals surface area contributed by atoms with Crippen LogP contribution < -0.4 is 0 Å². The van der Waals surface area contributed by atoms with E-state index in [0.29, 0.717) is 0 Å². The lowest BCUT2D eigenvalue weighted by atomic mass is 10.1. The molecule has 0 saturated heterocycles. The second-order valence-electron chi connectivity index (χ2n) is 3.17. The van der Waals surface area contributed by atoms with Gasteiger partial charge in [-0.15, -0.1) is 11.3 Å². The zero-order chi connectivity index (χ0) is 11.0. The second-order valence-corrected chi connectivity index (χ2v) is 4.22. The van der Waals surface area contributed by atoms with Crippen LogP contribution in [-0.2, 0) is 0 Å². The van der Waals surface area contributed by atoms with E-state index < -0.39 is 5.97 Å². The van der Waals surface area contributed by atoms with Gasteiger partial charge in [-0.3, -0.25) is 0 Å². The molecular weight excluding hydrogens is 210 g/mol. The maximum atomic E-state index is 10.9. The van der Waals surface area contributed by atoms with E-state index in [1.807, 2.05) is 31.2 Å². The second kappa shape index (κ2) is 3.37. The van der Waals surface area contributed by atoms with Crippen LogP contribution in [0, 0.1) is 18.3 Å². The summed E-state index contributed by atoms with van der Waals surface area (Å²) in [6, 6.07) is 7.54. The molecule has 0 atom stereocenters. The molecule has 1 aromatic heterocycles. The summed E-state index contributed by atoms with van der Waals surface area (Å²) >= 11 is 1.15. The van der Waals surface area contributed by atoms with E-state index in [0.717, 1.165) is 27.0 Å². The summed E-state index contributed by atoms with van der Waals surface area (Å²) in [7, 11) is 0. The molecule has 3 nitrogen and oxygen atoms in total. The van der Waals surface area contributed by atoms with Crippen LogP contribution in [0.15, 0.2) is 18.2 Å². The Hall–Kier alpha value is -1.86. The molecule has 0 fully saturated rings. The van der Waals surface area contributed by atoms with Crippen LogP contribution in [0.5, 0.6) is 0 Å². The lowest BCUT2D eigenvalue weighted by Crippen LogP contribution is -1.94. The van der Waals surface area contributed by atoms with Crippen molar-refractivity contribution in [3.05, 3.63) is 34.2 Å². The fourth-order valence-corrected chi connectivity index (χ4v) is 2.65. The van der Waals surface area contributed by atoms with E-state index in [4.69, 9.17) is 10.4 Å². The van der Waals surface area contributed by atoms with Crippen molar-refractivity contribution in [3.8, 4) is 6.07 Å². The molecule has 0 aliphatic rings. The van der Waals surface area contributed by atoms with Crippen molar-refractivity contribution in [2.24, 2.45) is 0 Å². The van der Waals surface area contributed by atoms with Gasteiger partial charge in [-0.1, -0.05) is 12.1 Å². The molecule has 15 heavy (non-hydrogen) atoms. The maximum Gasteiger partial charge on any atom is 0.347 e. The number of nitrogens with zero attached hydrogens (tertiary/aromatic N) is 1. The molecule has 4 heteroatoms. The summed E-state index contributed by atoms with van der Waals surface area (Å²) < 4.78 is 0.851. The molecule has 74 valence electrons. The number of aromatic carboxylic acids is 1. The van der Waals surface area contributed by atoms with E-state index in [1.165, 1.54) is 0 Å². The third-order valence-corrected chi connectivity index (χ3v) is 3.37. The first-order chi connectivity index (χ1) is 7.15. The van der Waals surface area contributed by atoms with Crippen LogP contribution in [0.4, 0.5) is 0 Å². The van der Waals surface area contributed by atoms with Gasteiger partial charge < -0.3 is 5.11 Å². The van der Waals surface area contributed by atoms with Crippen molar-refractivity contribution >= 4 is 27.4 Å². The highest BCUT2D eigenvalue weighted by molar-refractivity contribution is 7.21. The Balaban J connectivity index is 2.94. The monoisotopic (exact) mass is 217 g/mol. The van der Waals surface area contributed by atoms with Gasteiger partial charge in [0.2, 0.25) is 0 Å². The van der Waals surface area contributed by atoms with E-state index in [9.17, 15) is 4.79 Å². The van der Waals surface area contributed by atoms with Crippen LogP contribution in [0.2, 0.25) is 0 Å². The van der Waals surface area contributed by atoms with Crippen molar-refractivity contribution in [1.29, 1.82) is 5.26 Å². The molecule has 1 heterocycles. The average molecular weight is 217 g/mol. The van der Waals surface area contributed by atoms with Gasteiger partial charge in [0.1, 0.15) is 10.9 Å². The highest BCUT2D eigenvalue weighted by atomic mass is 32.1. The van der Waals surface area contributed by atoms with Crippen molar-refractivity contribution in [1.82, 2.24) is 0 Å². The van der Waals surface area contributed by atoms with Crippen molar-refractivity contribution in [2.75, 3.05) is 0 Å². The fourth-order valence-electron chi connectivity index (χ4n) is 1.58. The summed E-state index contributed by atoms with van der Waals surface area (Å²) in [5, 5.41) is 18.7. The molecule has 2 aromatic rings. The van der Waals surface area contributed by atoms with Crippen LogP contribution in [0.3, 0.4) is 0 Å². The summed E-state index contributed by atoms with van der Waals surface area (Å²) in [5.74, 6) is -1.04. The zero-order valence-corrected chi connectivity index (χ0v) is 8.76. The molecule has 0 unspecified atom stereocenters. The molecule has 1 aromatic carbocycles. The molecule has 0 saturated carbocycles. The van der Waals surface area contributed by atoms with E-state index in [-0.39, 0.29) is 10.4 Å². The first-order valence-electron chi connectivity index (χ1n) is 4.30. The standard InChI is InChI=1S/C11H7NO2S/c1-6-3-2-4-8-9(6)7(5-12)10(15-8)11(13)14/h2-4H,1H3,(H,13,14). The lowest BCUT2D eigenvalue weighted by Gasteiger charge is -1.94. The number of thiophene rings is 1. The van der Waals surface area contributed by atoms with Gasteiger partial charge in [-0.05, 0) is 18.6 Å². The highest BCUT2D eigenvalue weighted by Gasteiger charge is 2.18. The summed E-state index contributed by atoms with van der Waals surface area (Å²) in [6.45, 7) is 1.88. The number of carbonyl (C=O) groups is 1. The summed E-state index contributed by atoms with van der Waals surface area (Å²) in [4.78, 5) is 11.0. The molecule has 0 bridgehead atoms. The average Bonchev–Trinajstić information content (AvgIpc) is 2.57. The minimum atomic E-state index is -1.04. The van der Waals surface area contributed by atoms with Crippen molar-refractivity contribution in [2.45, 2.75) is 6.92 Å². The van der Waals surface area contributed by atoms with Gasteiger partial charge in [-0.25, -0.2) is 4.79 Å². The predicted molar refractivity (Wildman–Crippen MR) is 58.2 cm³/mol. The van der Waals surface area contributed by atoms with Crippen LogP contribution in [-0.4, -0.2) is 11.1 Å². The molecule has 0 aliphatic heterocycles. The van der Waals surface area contributed by atoms with Crippen LogP contribution in [0.25, 0.3) is 10.1 Å². The molecule has 0 amide bonds. The number of hydrogen-bond acceptors (Lipinski definition) is 3. The topological polar surface area (TPSA) is 61.1 Å². The van der Waals surface area contributed by atoms with Gasteiger partial charge in [0.15, 0.2) is 0 Å². The van der Waals surface area contributed by atoms with Crippen LogP contribution >= 0.6 is 11.3 Å². The first kappa shape index (κ1) is 9.69. The van der Waals surface area contributed by atoms with Gasteiger partial charge in [0.05, 0.1) is 5.56 Å². The van der Waals surface area contributed by atoms with Crippen molar-refractivity contribution < 1.29 is 9.90 Å². The smallest absolute Gasteiger partial charge is 0.347 e. The van der Waals surface area contributed by atoms with Crippen LogP contribution in [0.1, 0.15) is 20.8 Å². The van der Waals surface area contributed by atoms with Gasteiger partial charge in [0.25, 0.3) is 0 Å². The maximum absolute atomic E-state index is 10.9. The number of carboxylic acids is 1.